The third-order valence-corrected chi connectivity index (χ3v) is 5.45. The van der Waals surface area contributed by atoms with Crippen LogP contribution in [0.4, 0.5) is 0 Å². The first-order valence-corrected chi connectivity index (χ1v) is 9.85. The molecule has 3 aromatic rings. The Balaban J connectivity index is 1.34. The maximum atomic E-state index is 12.5. The number of aromatic nitrogens is 2. The zero-order chi connectivity index (χ0) is 21.3. The maximum Gasteiger partial charge on any atom is 0.262 e. The van der Waals surface area contributed by atoms with E-state index in [1.165, 1.54) is 12.1 Å². The van der Waals surface area contributed by atoms with E-state index in [4.69, 9.17) is 23.2 Å². The maximum absolute atomic E-state index is 12.5. The molecule has 1 aliphatic heterocycles. The molecular weight excluding hydrogens is 427 g/mol. The van der Waals surface area contributed by atoms with Crippen LogP contribution in [-0.4, -0.2) is 38.9 Å². The fraction of sp³-hybridized carbons (Fsp3) is 0.143. The lowest BCUT2D eigenvalue weighted by molar-refractivity contribution is -0.121. The number of rotatable bonds is 6. The highest BCUT2D eigenvalue weighted by Gasteiger charge is 2.37. The number of imide groups is 1. The predicted molar refractivity (Wildman–Crippen MR) is 111 cm³/mol. The van der Waals surface area contributed by atoms with Crippen LogP contribution in [0.15, 0.2) is 54.9 Å². The molecule has 1 aliphatic rings. The van der Waals surface area contributed by atoms with Crippen LogP contribution in [0, 0.1) is 0 Å². The summed E-state index contributed by atoms with van der Waals surface area (Å²) in [6.07, 6.45) is 3.61. The molecule has 0 spiro atoms. The van der Waals surface area contributed by atoms with Crippen molar-refractivity contribution in [1.29, 1.82) is 0 Å². The van der Waals surface area contributed by atoms with Crippen LogP contribution in [0.25, 0.3) is 0 Å². The topological polar surface area (TPSA) is 84.3 Å². The van der Waals surface area contributed by atoms with Crippen molar-refractivity contribution in [2.24, 2.45) is 0 Å². The van der Waals surface area contributed by atoms with Crippen LogP contribution in [0.3, 0.4) is 0 Å². The van der Waals surface area contributed by atoms with Gasteiger partial charge in [0.2, 0.25) is 5.91 Å². The molecule has 2 heterocycles. The highest BCUT2D eigenvalue weighted by molar-refractivity contribution is 6.43. The molecule has 152 valence electrons. The van der Waals surface area contributed by atoms with E-state index in [1.807, 2.05) is 41.2 Å². The molecule has 4 rings (SSSR count). The fourth-order valence-electron chi connectivity index (χ4n) is 3.17. The van der Waals surface area contributed by atoms with Crippen molar-refractivity contribution in [3.8, 4) is 0 Å². The van der Waals surface area contributed by atoms with Crippen LogP contribution in [-0.2, 0) is 17.9 Å². The Morgan fingerprint density at radius 1 is 0.967 bits per heavy atom. The van der Waals surface area contributed by atoms with Crippen LogP contribution in [0.2, 0.25) is 10.0 Å². The largest absolute Gasteiger partial charge is 0.350 e. The molecule has 7 nitrogen and oxygen atoms in total. The molecule has 0 unspecified atom stereocenters. The molecule has 1 aromatic heterocycles. The predicted octanol–water partition coefficient (Wildman–Crippen LogP) is 3.15. The summed E-state index contributed by atoms with van der Waals surface area (Å²) in [6.45, 7) is 0.564. The molecule has 9 heteroatoms. The number of nitrogens with one attached hydrogen (secondary N) is 1. The average molecular weight is 443 g/mol. The quantitative estimate of drug-likeness (QED) is 0.594. The molecule has 1 N–H and O–H groups in total. The lowest BCUT2D eigenvalue weighted by Crippen LogP contribution is -2.40. The van der Waals surface area contributed by atoms with Gasteiger partial charge >= 0.3 is 0 Å². The molecule has 0 fully saturated rings. The van der Waals surface area contributed by atoms with E-state index in [0.717, 1.165) is 16.0 Å². The second-order valence-electron chi connectivity index (χ2n) is 6.81. The molecule has 0 bridgehead atoms. The molecule has 0 atom stereocenters. The second kappa shape index (κ2) is 8.30. The smallest absolute Gasteiger partial charge is 0.262 e. The number of carbonyl (C=O) groups is 3. The Morgan fingerprint density at radius 3 is 2.13 bits per heavy atom. The van der Waals surface area contributed by atoms with E-state index in [2.05, 4.69) is 10.4 Å². The van der Waals surface area contributed by atoms with Gasteiger partial charge in [0.1, 0.15) is 6.54 Å². The standard InChI is InChI=1S/C21H16Cl2N4O3/c22-17-8-15-16(9-18(17)23)21(30)27(20(15)29)12-19(28)24-10-13-2-4-14(5-3-13)11-26-7-1-6-25-26/h1-9H,10-12H2,(H,24,28). The van der Waals surface area contributed by atoms with Gasteiger partial charge in [0.25, 0.3) is 11.8 Å². The fourth-order valence-corrected chi connectivity index (χ4v) is 3.50. The van der Waals surface area contributed by atoms with Crippen LogP contribution in [0.5, 0.6) is 0 Å². The monoisotopic (exact) mass is 442 g/mol. The van der Waals surface area contributed by atoms with E-state index in [-0.39, 0.29) is 34.3 Å². The summed E-state index contributed by atoms with van der Waals surface area (Å²) in [7, 11) is 0. The number of fused-ring (bicyclic) bond motifs is 1. The van der Waals surface area contributed by atoms with Crippen LogP contribution >= 0.6 is 23.2 Å². The molecule has 3 amide bonds. The molecule has 0 saturated carbocycles. The third kappa shape index (κ3) is 4.08. The molecule has 0 aliphatic carbocycles. The highest BCUT2D eigenvalue weighted by atomic mass is 35.5. The van der Waals surface area contributed by atoms with Gasteiger partial charge in [-0.15, -0.1) is 0 Å². The number of carbonyl (C=O) groups excluding carboxylic acids is 3. The molecule has 2 aromatic carbocycles. The summed E-state index contributed by atoms with van der Waals surface area (Å²) in [4.78, 5) is 38.1. The number of amides is 3. The van der Waals surface area contributed by atoms with E-state index < -0.39 is 17.7 Å². The van der Waals surface area contributed by atoms with Crippen molar-refractivity contribution in [2.75, 3.05) is 6.54 Å². The first-order chi connectivity index (χ1) is 14.4. The Labute approximate surface area is 182 Å². The van der Waals surface area contributed by atoms with Crippen LogP contribution in [0.1, 0.15) is 31.8 Å². The van der Waals surface area contributed by atoms with Crippen molar-refractivity contribution in [2.45, 2.75) is 13.1 Å². The number of nitrogens with zero attached hydrogens (tertiary/aromatic N) is 3. The van der Waals surface area contributed by atoms with Gasteiger partial charge in [0.15, 0.2) is 0 Å². The summed E-state index contributed by atoms with van der Waals surface area (Å²) in [6, 6.07) is 12.3. The third-order valence-electron chi connectivity index (χ3n) is 4.73. The number of hydrogen-bond donors (Lipinski definition) is 1. The van der Waals surface area contributed by atoms with Crippen LogP contribution < -0.4 is 5.32 Å². The summed E-state index contributed by atoms with van der Waals surface area (Å²) in [5.74, 6) is -1.57. The SMILES string of the molecule is O=C(CN1C(=O)c2cc(Cl)c(Cl)cc2C1=O)NCc1ccc(Cn2cccn2)cc1. The number of halogens is 2. The summed E-state index contributed by atoms with van der Waals surface area (Å²) >= 11 is 11.9. The van der Waals surface area contributed by atoms with Gasteiger partial charge in [0, 0.05) is 18.9 Å². The lowest BCUT2D eigenvalue weighted by atomic mass is 10.1. The molecular formula is C21H16Cl2N4O3. The zero-order valence-corrected chi connectivity index (χ0v) is 17.2. The van der Waals surface area contributed by atoms with Gasteiger partial charge in [-0.3, -0.25) is 24.0 Å². The van der Waals surface area contributed by atoms with Gasteiger partial charge in [-0.1, -0.05) is 47.5 Å². The van der Waals surface area contributed by atoms with Crippen molar-refractivity contribution < 1.29 is 14.4 Å². The molecule has 0 radical (unpaired) electrons. The second-order valence-corrected chi connectivity index (χ2v) is 7.62. The van der Waals surface area contributed by atoms with Crippen molar-refractivity contribution in [3.63, 3.8) is 0 Å². The van der Waals surface area contributed by atoms with E-state index in [0.29, 0.717) is 6.54 Å². The highest BCUT2D eigenvalue weighted by Crippen LogP contribution is 2.31. The first-order valence-electron chi connectivity index (χ1n) is 9.09. The van der Waals surface area contributed by atoms with Gasteiger partial charge in [-0.25, -0.2) is 0 Å². The lowest BCUT2D eigenvalue weighted by Gasteiger charge is -2.13. The zero-order valence-electron chi connectivity index (χ0n) is 15.6. The normalized spacial score (nSPS) is 12.9. The Hall–Kier alpha value is -3.16. The number of hydrogen-bond acceptors (Lipinski definition) is 4. The first kappa shape index (κ1) is 20.1. The van der Waals surface area contributed by atoms with E-state index in [1.54, 1.807) is 6.20 Å². The Bertz CT molecular complexity index is 1090. The van der Waals surface area contributed by atoms with Crippen molar-refractivity contribution >= 4 is 40.9 Å². The van der Waals surface area contributed by atoms with Gasteiger partial charge in [-0.2, -0.15) is 5.10 Å². The van der Waals surface area contributed by atoms with Crippen molar-refractivity contribution in [1.82, 2.24) is 20.0 Å². The average Bonchev–Trinajstić information content (AvgIpc) is 3.31. The summed E-state index contributed by atoms with van der Waals surface area (Å²) < 4.78 is 1.82. The van der Waals surface area contributed by atoms with Gasteiger partial charge in [-0.05, 0) is 29.3 Å². The molecule has 30 heavy (non-hydrogen) atoms. The Morgan fingerprint density at radius 2 is 1.57 bits per heavy atom. The van der Waals surface area contributed by atoms with Crippen molar-refractivity contribution in [3.05, 3.63) is 87.2 Å². The van der Waals surface area contributed by atoms with Gasteiger partial charge < -0.3 is 5.32 Å². The van der Waals surface area contributed by atoms with Gasteiger partial charge in [0.05, 0.1) is 27.7 Å². The number of benzene rings is 2. The minimum Gasteiger partial charge on any atom is -0.350 e. The minimum atomic E-state index is -0.563. The van der Waals surface area contributed by atoms with E-state index in [9.17, 15) is 14.4 Å². The minimum absolute atomic E-state index is 0.148. The summed E-state index contributed by atoms with van der Waals surface area (Å²) in [5, 5.41) is 7.25. The van der Waals surface area contributed by atoms with E-state index >= 15 is 0 Å². The Kier molecular flexibility index (Phi) is 5.57. The molecule has 0 saturated heterocycles. The summed E-state index contributed by atoms with van der Waals surface area (Å²) in [5.41, 5.74) is 2.27.